The second-order valence-electron chi connectivity index (χ2n) is 3.49. The van der Waals surface area contributed by atoms with Crippen molar-refractivity contribution in [1.29, 1.82) is 0 Å². The standard InChI is InChI=1S/C9H13N3O4/c10-7-1-2-12(9(14)11-7)3-8-15-5-6(4-13)16-8/h1-2,6,8,13H,3-5H2,(H2,10,11,14)/t6-,8+/m1/s1. The van der Waals surface area contributed by atoms with Gasteiger partial charge in [-0.25, -0.2) is 4.79 Å². The molecule has 1 saturated heterocycles. The highest BCUT2D eigenvalue weighted by atomic mass is 16.7. The maximum Gasteiger partial charge on any atom is 0.349 e. The zero-order valence-electron chi connectivity index (χ0n) is 8.57. The van der Waals surface area contributed by atoms with Crippen LogP contribution in [0.4, 0.5) is 5.82 Å². The number of rotatable bonds is 3. The Bertz CT molecular complexity index is 419. The Hall–Kier alpha value is -1.44. The van der Waals surface area contributed by atoms with E-state index >= 15 is 0 Å². The molecule has 0 spiro atoms. The van der Waals surface area contributed by atoms with Crippen molar-refractivity contribution in [2.75, 3.05) is 18.9 Å². The molecular weight excluding hydrogens is 214 g/mol. The number of nitrogen functional groups attached to an aromatic ring is 1. The van der Waals surface area contributed by atoms with Crippen LogP contribution in [0.3, 0.4) is 0 Å². The SMILES string of the molecule is Nc1ccn(C[C@H]2OC[C@@H](CO)O2)c(=O)n1. The highest BCUT2D eigenvalue weighted by Crippen LogP contribution is 2.12. The lowest BCUT2D eigenvalue weighted by molar-refractivity contribution is -0.0747. The largest absolute Gasteiger partial charge is 0.394 e. The molecule has 1 aromatic rings. The summed E-state index contributed by atoms with van der Waals surface area (Å²) in [5, 5.41) is 8.84. The zero-order valence-corrected chi connectivity index (χ0v) is 8.57. The van der Waals surface area contributed by atoms with Crippen LogP contribution in [0.15, 0.2) is 17.1 Å². The van der Waals surface area contributed by atoms with Crippen molar-refractivity contribution in [3.05, 3.63) is 22.7 Å². The Morgan fingerprint density at radius 1 is 1.69 bits per heavy atom. The Morgan fingerprint density at radius 2 is 2.50 bits per heavy atom. The summed E-state index contributed by atoms with van der Waals surface area (Å²) in [6.07, 6.45) is 0.687. The summed E-state index contributed by atoms with van der Waals surface area (Å²) in [6.45, 7) is 0.478. The lowest BCUT2D eigenvalue weighted by Crippen LogP contribution is -2.29. The van der Waals surface area contributed by atoms with Crippen LogP contribution >= 0.6 is 0 Å². The van der Waals surface area contributed by atoms with Crippen molar-refractivity contribution in [3.8, 4) is 0 Å². The fourth-order valence-electron chi connectivity index (χ4n) is 1.44. The minimum Gasteiger partial charge on any atom is -0.394 e. The number of nitrogens with two attached hydrogens (primary N) is 1. The number of aliphatic hydroxyl groups excluding tert-OH is 1. The first kappa shape index (κ1) is 11.1. The van der Waals surface area contributed by atoms with Crippen molar-refractivity contribution in [2.45, 2.75) is 18.9 Å². The predicted octanol–water partition coefficient (Wildman–Crippen LogP) is -1.44. The van der Waals surface area contributed by atoms with Gasteiger partial charge in [-0.3, -0.25) is 4.57 Å². The maximum absolute atomic E-state index is 11.4. The molecule has 0 saturated carbocycles. The van der Waals surface area contributed by atoms with Gasteiger partial charge in [0.05, 0.1) is 19.8 Å². The van der Waals surface area contributed by atoms with Crippen LogP contribution in [0.5, 0.6) is 0 Å². The average Bonchev–Trinajstić information content (AvgIpc) is 2.70. The molecule has 7 heteroatoms. The summed E-state index contributed by atoms with van der Waals surface area (Å²) >= 11 is 0. The fraction of sp³-hybridized carbons (Fsp3) is 0.556. The van der Waals surface area contributed by atoms with Gasteiger partial charge < -0.3 is 20.3 Å². The van der Waals surface area contributed by atoms with Crippen LogP contribution in [0.2, 0.25) is 0 Å². The summed E-state index contributed by atoms with van der Waals surface area (Å²) in [6, 6.07) is 1.53. The van der Waals surface area contributed by atoms with Crippen molar-refractivity contribution >= 4 is 5.82 Å². The Labute approximate surface area is 91.4 Å². The van der Waals surface area contributed by atoms with Crippen LogP contribution in [-0.4, -0.2) is 40.3 Å². The highest BCUT2D eigenvalue weighted by molar-refractivity contribution is 5.23. The molecule has 0 bridgehead atoms. The van der Waals surface area contributed by atoms with Crippen LogP contribution in [0.1, 0.15) is 0 Å². The molecule has 0 amide bonds. The lowest BCUT2D eigenvalue weighted by Gasteiger charge is -2.11. The van der Waals surface area contributed by atoms with Crippen molar-refractivity contribution in [2.24, 2.45) is 0 Å². The normalized spacial score (nSPS) is 24.8. The van der Waals surface area contributed by atoms with Gasteiger partial charge in [0.15, 0.2) is 6.29 Å². The topological polar surface area (TPSA) is 99.6 Å². The number of aliphatic hydroxyl groups is 1. The van der Waals surface area contributed by atoms with Crippen LogP contribution < -0.4 is 11.4 Å². The molecule has 3 N–H and O–H groups in total. The van der Waals surface area contributed by atoms with E-state index < -0.39 is 12.0 Å². The number of ether oxygens (including phenoxy) is 2. The second-order valence-corrected chi connectivity index (χ2v) is 3.49. The number of aromatic nitrogens is 2. The summed E-state index contributed by atoms with van der Waals surface area (Å²) in [4.78, 5) is 15.0. The molecule has 88 valence electrons. The molecule has 0 radical (unpaired) electrons. The molecule has 1 aromatic heterocycles. The first-order valence-electron chi connectivity index (χ1n) is 4.90. The monoisotopic (exact) mass is 227 g/mol. The smallest absolute Gasteiger partial charge is 0.349 e. The quantitative estimate of drug-likeness (QED) is 0.656. The van der Waals surface area contributed by atoms with Crippen molar-refractivity contribution in [1.82, 2.24) is 9.55 Å². The number of nitrogens with zero attached hydrogens (tertiary/aromatic N) is 2. The predicted molar refractivity (Wildman–Crippen MR) is 54.6 cm³/mol. The Morgan fingerprint density at radius 3 is 3.12 bits per heavy atom. The summed E-state index contributed by atoms with van der Waals surface area (Å²) in [5.41, 5.74) is 4.91. The number of hydrogen-bond acceptors (Lipinski definition) is 6. The van der Waals surface area contributed by atoms with E-state index in [-0.39, 0.29) is 25.1 Å². The third-order valence-corrected chi connectivity index (χ3v) is 2.26. The molecule has 0 aliphatic carbocycles. The van der Waals surface area contributed by atoms with Crippen LogP contribution in [0.25, 0.3) is 0 Å². The lowest BCUT2D eigenvalue weighted by atomic mass is 10.4. The van der Waals surface area contributed by atoms with Crippen molar-refractivity contribution in [3.63, 3.8) is 0 Å². The maximum atomic E-state index is 11.4. The van der Waals surface area contributed by atoms with Gasteiger partial charge in [-0.05, 0) is 6.07 Å². The van der Waals surface area contributed by atoms with E-state index in [1.54, 1.807) is 0 Å². The fourth-order valence-corrected chi connectivity index (χ4v) is 1.44. The molecule has 0 unspecified atom stereocenters. The van der Waals surface area contributed by atoms with E-state index in [0.29, 0.717) is 6.61 Å². The molecule has 2 atom stereocenters. The number of anilines is 1. The zero-order chi connectivity index (χ0) is 11.5. The summed E-state index contributed by atoms with van der Waals surface area (Å²) in [7, 11) is 0. The highest BCUT2D eigenvalue weighted by Gasteiger charge is 2.25. The Balaban J connectivity index is 2.02. The van der Waals surface area contributed by atoms with E-state index in [4.69, 9.17) is 20.3 Å². The first-order valence-corrected chi connectivity index (χ1v) is 4.90. The summed E-state index contributed by atoms with van der Waals surface area (Å²) < 4.78 is 11.9. The molecule has 1 fully saturated rings. The van der Waals surface area contributed by atoms with Gasteiger partial charge in [0.2, 0.25) is 0 Å². The van der Waals surface area contributed by atoms with Crippen LogP contribution in [-0.2, 0) is 16.0 Å². The van der Waals surface area contributed by atoms with Crippen LogP contribution in [0, 0.1) is 0 Å². The van der Waals surface area contributed by atoms with Gasteiger partial charge >= 0.3 is 5.69 Å². The van der Waals surface area contributed by atoms with Gasteiger partial charge in [0.1, 0.15) is 11.9 Å². The first-order chi connectivity index (χ1) is 7.69. The van der Waals surface area contributed by atoms with Gasteiger partial charge in [-0.15, -0.1) is 0 Å². The van der Waals surface area contributed by atoms with E-state index in [1.165, 1.54) is 16.8 Å². The summed E-state index contributed by atoms with van der Waals surface area (Å²) in [5.74, 6) is 0.183. The third-order valence-electron chi connectivity index (χ3n) is 2.26. The molecule has 1 aliphatic heterocycles. The molecule has 16 heavy (non-hydrogen) atoms. The van der Waals surface area contributed by atoms with E-state index in [2.05, 4.69) is 4.98 Å². The molecule has 7 nitrogen and oxygen atoms in total. The molecule has 0 aromatic carbocycles. The Kier molecular flexibility index (Phi) is 3.18. The molecule has 1 aliphatic rings. The minimum atomic E-state index is -0.528. The average molecular weight is 227 g/mol. The minimum absolute atomic E-state index is 0.0919. The molecule has 2 heterocycles. The number of hydrogen-bond donors (Lipinski definition) is 2. The van der Waals surface area contributed by atoms with Crippen molar-refractivity contribution < 1.29 is 14.6 Å². The third kappa shape index (κ3) is 2.38. The van der Waals surface area contributed by atoms with E-state index in [1.807, 2.05) is 0 Å². The van der Waals surface area contributed by atoms with Gasteiger partial charge in [-0.2, -0.15) is 4.98 Å². The molecular formula is C9H13N3O4. The van der Waals surface area contributed by atoms with Gasteiger partial charge in [-0.1, -0.05) is 0 Å². The van der Waals surface area contributed by atoms with E-state index in [0.717, 1.165) is 0 Å². The second kappa shape index (κ2) is 4.60. The van der Waals surface area contributed by atoms with Gasteiger partial charge in [0.25, 0.3) is 0 Å². The van der Waals surface area contributed by atoms with Gasteiger partial charge in [0, 0.05) is 6.20 Å². The van der Waals surface area contributed by atoms with E-state index in [9.17, 15) is 4.79 Å². The molecule has 2 rings (SSSR count).